The molecule has 0 aliphatic heterocycles. The number of benzene rings is 2. The van der Waals surface area contributed by atoms with Crippen molar-refractivity contribution in [1.82, 2.24) is 0 Å². The lowest BCUT2D eigenvalue weighted by Gasteiger charge is -2.31. The first-order valence-corrected chi connectivity index (χ1v) is 10.7. The summed E-state index contributed by atoms with van der Waals surface area (Å²) in [5.74, 6) is -0.980. The maximum atomic E-state index is 12.1. The smallest absolute Gasteiger partial charge is 0.130 e. The van der Waals surface area contributed by atoms with Gasteiger partial charge in [-0.3, -0.25) is 0 Å². The molecule has 0 saturated heterocycles. The summed E-state index contributed by atoms with van der Waals surface area (Å²) in [4.78, 5) is 12.1. The Bertz CT molecular complexity index is 785. The Hall–Kier alpha value is -1.91. The van der Waals surface area contributed by atoms with Crippen molar-refractivity contribution in [3.05, 3.63) is 48.0 Å². The first kappa shape index (κ1) is 20.8. The van der Waals surface area contributed by atoms with Gasteiger partial charge in [-0.05, 0) is 42.9 Å². The van der Waals surface area contributed by atoms with E-state index in [-0.39, 0.29) is 24.0 Å². The van der Waals surface area contributed by atoms with Crippen LogP contribution in [0.3, 0.4) is 0 Å². The van der Waals surface area contributed by atoms with Crippen LogP contribution in [0.25, 0.3) is 10.8 Å². The molecule has 3 N–H and O–H groups in total. The molecule has 3 rings (SSSR count). The molecule has 0 bridgehead atoms. The van der Waals surface area contributed by atoms with Gasteiger partial charge >= 0.3 is 0 Å². The number of unbranched alkanes of at least 4 members (excludes halogenated alkanes) is 2. The van der Waals surface area contributed by atoms with Crippen LogP contribution < -0.4 is 10.4 Å². The van der Waals surface area contributed by atoms with Gasteiger partial charge in [-0.1, -0.05) is 68.7 Å². The summed E-state index contributed by atoms with van der Waals surface area (Å²) in [6.45, 7) is 4.22. The number of carboxylic acid groups (broad SMARTS) is 1. The van der Waals surface area contributed by atoms with Crippen LogP contribution in [0, 0.1) is 11.8 Å². The number of aliphatic hydroxyl groups excluding tert-OH is 1. The Morgan fingerprint density at radius 1 is 1.18 bits per heavy atom. The van der Waals surface area contributed by atoms with Gasteiger partial charge in [0.15, 0.2) is 0 Å². The summed E-state index contributed by atoms with van der Waals surface area (Å²) in [5.41, 5.74) is 1.14. The molecule has 0 amide bonds. The maximum absolute atomic E-state index is 12.1. The lowest BCUT2D eigenvalue weighted by Crippen LogP contribution is -2.95. The Labute approximate surface area is 168 Å². The minimum Gasteiger partial charge on any atom is -0.544 e. The van der Waals surface area contributed by atoms with E-state index >= 15 is 0 Å². The predicted molar refractivity (Wildman–Crippen MR) is 109 cm³/mol. The zero-order valence-electron chi connectivity index (χ0n) is 17.0. The zero-order chi connectivity index (χ0) is 20.1. The van der Waals surface area contributed by atoms with Crippen molar-refractivity contribution in [3.8, 4) is 0 Å². The van der Waals surface area contributed by atoms with Crippen LogP contribution in [0.15, 0.2) is 42.5 Å². The predicted octanol–water partition coefficient (Wildman–Crippen LogP) is 2.55. The molecule has 2 aromatic rings. The zero-order valence-corrected chi connectivity index (χ0v) is 17.0. The number of carbonyl (C=O) groups is 1. The van der Waals surface area contributed by atoms with Crippen molar-refractivity contribution in [2.24, 2.45) is 11.8 Å². The largest absolute Gasteiger partial charge is 0.544 e. The third-order valence-corrected chi connectivity index (χ3v) is 6.52. The number of hydrogen-bond acceptors (Lipinski definition) is 3. The highest BCUT2D eigenvalue weighted by Crippen LogP contribution is 2.37. The number of fused-ring (bicyclic) bond motifs is 1. The van der Waals surface area contributed by atoms with Gasteiger partial charge in [0.2, 0.25) is 0 Å². The van der Waals surface area contributed by atoms with Crippen LogP contribution in [0.5, 0.6) is 0 Å². The molecule has 5 atom stereocenters. The van der Waals surface area contributed by atoms with Gasteiger partial charge in [0, 0.05) is 11.5 Å². The minimum absolute atomic E-state index is 0.00281. The molecule has 1 saturated carbocycles. The van der Waals surface area contributed by atoms with Gasteiger partial charge in [0.05, 0.1) is 12.1 Å². The summed E-state index contributed by atoms with van der Waals surface area (Å²) in [7, 11) is 0. The number of quaternary nitrogens is 1. The molecular weight excluding hydrogens is 350 g/mol. The van der Waals surface area contributed by atoms with E-state index in [4.69, 9.17) is 0 Å². The molecule has 1 aliphatic rings. The van der Waals surface area contributed by atoms with Gasteiger partial charge < -0.3 is 20.3 Å². The molecule has 28 heavy (non-hydrogen) atoms. The molecule has 0 spiro atoms. The second-order valence-corrected chi connectivity index (χ2v) is 8.36. The molecule has 4 heteroatoms. The lowest BCUT2D eigenvalue weighted by molar-refractivity contribution is -0.725. The van der Waals surface area contributed by atoms with E-state index in [9.17, 15) is 15.0 Å². The standard InChI is InChI=1S/C24H33NO3/c1-3-4-5-12-20-21(14-15-22(20)26)23(24(27)28)25-16(2)18-13-8-10-17-9-6-7-11-19(17)18/h6-11,13,16,20-23,25-26H,3-5,12,14-15H2,1-2H3,(H,27,28)/t16-,20?,21?,22?,23?/m0/s1. The Kier molecular flexibility index (Phi) is 7.08. The third kappa shape index (κ3) is 4.56. The van der Waals surface area contributed by atoms with Crippen molar-refractivity contribution in [3.63, 3.8) is 0 Å². The highest BCUT2D eigenvalue weighted by atomic mass is 16.4. The quantitative estimate of drug-likeness (QED) is 0.653. The summed E-state index contributed by atoms with van der Waals surface area (Å²) in [5, 5.41) is 26.8. The number of rotatable bonds is 9. The van der Waals surface area contributed by atoms with E-state index in [1.807, 2.05) is 23.5 Å². The molecular formula is C24H33NO3. The average molecular weight is 384 g/mol. The maximum Gasteiger partial charge on any atom is 0.130 e. The van der Waals surface area contributed by atoms with E-state index in [1.165, 1.54) is 5.39 Å². The van der Waals surface area contributed by atoms with Crippen LogP contribution in [0.2, 0.25) is 0 Å². The molecule has 152 valence electrons. The molecule has 0 heterocycles. The van der Waals surface area contributed by atoms with Crippen LogP contribution >= 0.6 is 0 Å². The summed E-state index contributed by atoms with van der Waals surface area (Å²) in [6, 6.07) is 13.8. The van der Waals surface area contributed by atoms with E-state index in [2.05, 4.69) is 38.1 Å². The Balaban J connectivity index is 1.79. The van der Waals surface area contributed by atoms with Crippen molar-refractivity contribution in [2.75, 3.05) is 0 Å². The summed E-state index contributed by atoms with van der Waals surface area (Å²) < 4.78 is 0. The highest BCUT2D eigenvalue weighted by molar-refractivity contribution is 5.85. The number of carboxylic acids is 1. The van der Waals surface area contributed by atoms with Crippen molar-refractivity contribution >= 4 is 16.7 Å². The average Bonchev–Trinajstić information content (AvgIpc) is 3.05. The van der Waals surface area contributed by atoms with Crippen LogP contribution in [0.1, 0.15) is 64.0 Å². The van der Waals surface area contributed by atoms with Crippen molar-refractivity contribution in [2.45, 2.75) is 70.6 Å². The summed E-state index contributed by atoms with van der Waals surface area (Å²) in [6.07, 6.45) is 5.28. The SMILES string of the molecule is CCCCCC1C(O)CCC1C([NH2+][C@@H](C)c1cccc2ccccc12)C(=O)[O-]. The molecule has 1 fully saturated rings. The molecule has 0 aromatic heterocycles. The lowest BCUT2D eigenvalue weighted by atomic mass is 9.83. The number of nitrogens with two attached hydrogens (primary N) is 1. The third-order valence-electron chi connectivity index (χ3n) is 6.52. The van der Waals surface area contributed by atoms with E-state index < -0.39 is 12.0 Å². The molecule has 0 radical (unpaired) electrons. The summed E-state index contributed by atoms with van der Waals surface area (Å²) >= 11 is 0. The van der Waals surface area contributed by atoms with Crippen LogP contribution in [-0.2, 0) is 4.79 Å². The molecule has 4 unspecified atom stereocenters. The number of aliphatic hydroxyl groups is 1. The second-order valence-electron chi connectivity index (χ2n) is 8.36. The van der Waals surface area contributed by atoms with Gasteiger partial charge in [0.1, 0.15) is 12.1 Å². The van der Waals surface area contributed by atoms with Crippen molar-refractivity contribution < 1.29 is 20.3 Å². The minimum atomic E-state index is -1.01. The van der Waals surface area contributed by atoms with E-state index in [0.29, 0.717) is 6.42 Å². The van der Waals surface area contributed by atoms with Crippen LogP contribution in [-0.4, -0.2) is 23.2 Å². The molecule has 1 aliphatic carbocycles. The number of aliphatic carboxylic acids is 1. The second kappa shape index (κ2) is 9.53. The molecule has 4 nitrogen and oxygen atoms in total. The number of carbonyl (C=O) groups excluding carboxylic acids is 1. The van der Waals surface area contributed by atoms with Crippen molar-refractivity contribution in [1.29, 1.82) is 0 Å². The first-order chi connectivity index (χ1) is 13.5. The topological polar surface area (TPSA) is 77.0 Å². The van der Waals surface area contributed by atoms with E-state index in [0.717, 1.165) is 43.1 Å². The van der Waals surface area contributed by atoms with Crippen LogP contribution in [0.4, 0.5) is 0 Å². The fourth-order valence-corrected chi connectivity index (χ4v) is 5.02. The number of hydrogen-bond donors (Lipinski definition) is 2. The van der Waals surface area contributed by atoms with Gasteiger partial charge in [-0.2, -0.15) is 0 Å². The van der Waals surface area contributed by atoms with Gasteiger partial charge in [-0.25, -0.2) is 0 Å². The fraction of sp³-hybridized carbons (Fsp3) is 0.542. The Morgan fingerprint density at radius 2 is 1.93 bits per heavy atom. The molecule has 2 aromatic carbocycles. The highest BCUT2D eigenvalue weighted by Gasteiger charge is 2.42. The monoisotopic (exact) mass is 383 g/mol. The van der Waals surface area contributed by atoms with Gasteiger partial charge in [-0.15, -0.1) is 0 Å². The first-order valence-electron chi connectivity index (χ1n) is 10.7. The fourth-order valence-electron chi connectivity index (χ4n) is 5.02. The normalized spacial score (nSPS) is 24.3. The van der Waals surface area contributed by atoms with E-state index in [1.54, 1.807) is 0 Å². The van der Waals surface area contributed by atoms with Gasteiger partial charge in [0.25, 0.3) is 0 Å². The Morgan fingerprint density at radius 3 is 2.68 bits per heavy atom.